The van der Waals surface area contributed by atoms with Crippen molar-refractivity contribution in [1.29, 1.82) is 0 Å². The molecule has 1 rings (SSSR count). The molecule has 1 atom stereocenters. The van der Waals surface area contributed by atoms with Gasteiger partial charge in [0, 0.05) is 6.54 Å². The van der Waals surface area contributed by atoms with Gasteiger partial charge in [-0.05, 0) is 20.3 Å². The van der Waals surface area contributed by atoms with E-state index < -0.39 is 22.1 Å². The van der Waals surface area contributed by atoms with Crippen molar-refractivity contribution >= 4 is 16.0 Å². The first kappa shape index (κ1) is 14.6. The summed E-state index contributed by atoms with van der Waals surface area (Å²) < 4.78 is 30.6. The number of aliphatic hydroxyl groups excluding tert-OH is 1. The maximum Gasteiger partial charge on any atom is 0.332 e. The zero-order valence-electron chi connectivity index (χ0n) is 9.87. The van der Waals surface area contributed by atoms with Crippen molar-refractivity contribution in [1.82, 2.24) is 9.88 Å². The molecular weight excluding hydrogens is 264 g/mol. The van der Waals surface area contributed by atoms with E-state index >= 15 is 0 Å². The highest BCUT2D eigenvalue weighted by Crippen LogP contribution is 2.18. The number of aryl methyl sites for hydroxylation is 2. The standard InChI is InChI=1S/C9H14N2O6S/c1-5-8(6(2)17-11-5)18(15,16)10-4-3-7(12)9(13)14/h7,10,12H,3-4H2,1-2H3,(H,13,14). The highest BCUT2D eigenvalue weighted by molar-refractivity contribution is 7.89. The van der Waals surface area contributed by atoms with Crippen LogP contribution in [0, 0.1) is 13.8 Å². The first-order valence-electron chi connectivity index (χ1n) is 5.09. The lowest BCUT2D eigenvalue weighted by Crippen LogP contribution is -2.30. The van der Waals surface area contributed by atoms with Crippen LogP contribution in [-0.4, -0.2) is 42.4 Å². The number of carbonyl (C=O) groups is 1. The summed E-state index contributed by atoms with van der Waals surface area (Å²) in [7, 11) is -3.81. The van der Waals surface area contributed by atoms with Crippen LogP contribution in [0.5, 0.6) is 0 Å². The van der Waals surface area contributed by atoms with E-state index in [4.69, 9.17) is 14.7 Å². The van der Waals surface area contributed by atoms with Crippen molar-refractivity contribution in [3.05, 3.63) is 11.5 Å². The Balaban J connectivity index is 2.70. The zero-order valence-corrected chi connectivity index (χ0v) is 10.7. The Morgan fingerprint density at radius 2 is 2.11 bits per heavy atom. The van der Waals surface area contributed by atoms with Gasteiger partial charge < -0.3 is 14.7 Å². The second kappa shape index (κ2) is 5.46. The fourth-order valence-corrected chi connectivity index (χ4v) is 2.76. The predicted octanol–water partition coefficient (Wildman–Crippen LogP) is -0.595. The van der Waals surface area contributed by atoms with Crippen molar-refractivity contribution in [2.45, 2.75) is 31.3 Å². The van der Waals surface area contributed by atoms with Crippen molar-refractivity contribution in [3.63, 3.8) is 0 Å². The van der Waals surface area contributed by atoms with E-state index in [0.29, 0.717) is 0 Å². The molecule has 0 aromatic carbocycles. The normalized spacial score (nSPS) is 13.5. The smallest absolute Gasteiger partial charge is 0.332 e. The predicted molar refractivity (Wildman–Crippen MR) is 59.4 cm³/mol. The molecule has 0 aliphatic carbocycles. The molecule has 0 radical (unpaired) electrons. The first-order chi connectivity index (χ1) is 8.25. The van der Waals surface area contributed by atoms with Crippen LogP contribution in [0.4, 0.5) is 0 Å². The molecule has 102 valence electrons. The van der Waals surface area contributed by atoms with Crippen molar-refractivity contribution in [2.24, 2.45) is 0 Å². The Labute approximate surface area is 104 Å². The molecule has 0 fully saturated rings. The first-order valence-corrected chi connectivity index (χ1v) is 6.57. The fraction of sp³-hybridized carbons (Fsp3) is 0.556. The third-order valence-corrected chi connectivity index (χ3v) is 3.94. The summed E-state index contributed by atoms with van der Waals surface area (Å²) in [4.78, 5) is 10.3. The maximum atomic E-state index is 11.8. The summed E-state index contributed by atoms with van der Waals surface area (Å²) in [6, 6.07) is 0. The number of carboxylic acids is 1. The number of hydrogen-bond acceptors (Lipinski definition) is 6. The number of carboxylic acid groups (broad SMARTS) is 1. The molecule has 0 saturated carbocycles. The van der Waals surface area contributed by atoms with Crippen LogP contribution in [0.3, 0.4) is 0 Å². The van der Waals surface area contributed by atoms with E-state index in [1.54, 1.807) is 0 Å². The minimum Gasteiger partial charge on any atom is -0.479 e. The van der Waals surface area contributed by atoms with Gasteiger partial charge in [0.1, 0.15) is 10.6 Å². The molecule has 0 bridgehead atoms. The van der Waals surface area contributed by atoms with E-state index in [0.717, 1.165) is 0 Å². The third kappa shape index (κ3) is 3.28. The van der Waals surface area contributed by atoms with Crippen LogP contribution < -0.4 is 4.72 Å². The van der Waals surface area contributed by atoms with E-state index in [2.05, 4.69) is 9.88 Å². The molecule has 0 saturated heterocycles. The average molecular weight is 278 g/mol. The fourth-order valence-electron chi connectivity index (χ4n) is 1.38. The number of sulfonamides is 1. The summed E-state index contributed by atoms with van der Waals surface area (Å²) in [5, 5.41) is 20.9. The number of aromatic nitrogens is 1. The second-order valence-corrected chi connectivity index (χ2v) is 5.40. The number of hydrogen-bond donors (Lipinski definition) is 3. The minimum absolute atomic E-state index is 0.0627. The number of nitrogens with one attached hydrogen (secondary N) is 1. The Morgan fingerprint density at radius 1 is 1.50 bits per heavy atom. The molecule has 0 amide bonds. The molecule has 1 aromatic heterocycles. The highest BCUT2D eigenvalue weighted by Gasteiger charge is 2.24. The topological polar surface area (TPSA) is 130 Å². The monoisotopic (exact) mass is 278 g/mol. The summed E-state index contributed by atoms with van der Waals surface area (Å²) in [6.45, 7) is 2.75. The lowest BCUT2D eigenvalue weighted by molar-refractivity contribution is -0.146. The highest BCUT2D eigenvalue weighted by atomic mass is 32.2. The van der Waals surface area contributed by atoms with Gasteiger partial charge in [0.05, 0.1) is 0 Å². The summed E-state index contributed by atoms with van der Waals surface area (Å²) in [6.07, 6.45) is -1.82. The van der Waals surface area contributed by atoms with Crippen LogP contribution in [0.1, 0.15) is 17.9 Å². The molecule has 9 heteroatoms. The molecule has 1 heterocycles. The van der Waals surface area contributed by atoms with Gasteiger partial charge in [0.2, 0.25) is 10.0 Å². The average Bonchev–Trinajstić information content (AvgIpc) is 2.58. The van der Waals surface area contributed by atoms with Gasteiger partial charge in [-0.2, -0.15) is 0 Å². The molecular formula is C9H14N2O6S. The molecule has 1 aromatic rings. The van der Waals surface area contributed by atoms with Crippen LogP contribution in [0.25, 0.3) is 0 Å². The van der Waals surface area contributed by atoms with Crippen LogP contribution in [-0.2, 0) is 14.8 Å². The van der Waals surface area contributed by atoms with Gasteiger partial charge in [-0.3, -0.25) is 0 Å². The summed E-state index contributed by atoms with van der Waals surface area (Å²) >= 11 is 0. The second-order valence-electron chi connectivity index (χ2n) is 3.69. The molecule has 3 N–H and O–H groups in total. The van der Waals surface area contributed by atoms with Gasteiger partial charge in [0.15, 0.2) is 11.9 Å². The maximum absolute atomic E-state index is 11.8. The summed E-state index contributed by atoms with van der Waals surface area (Å²) in [5.74, 6) is -1.25. The summed E-state index contributed by atoms with van der Waals surface area (Å²) in [5.41, 5.74) is 0.221. The molecule has 0 aliphatic rings. The minimum atomic E-state index is -3.81. The molecule has 18 heavy (non-hydrogen) atoms. The molecule has 1 unspecified atom stereocenters. The van der Waals surface area contributed by atoms with Gasteiger partial charge in [-0.1, -0.05) is 5.16 Å². The molecule has 0 aliphatic heterocycles. The largest absolute Gasteiger partial charge is 0.479 e. The van der Waals surface area contributed by atoms with Gasteiger partial charge in [0.25, 0.3) is 0 Å². The van der Waals surface area contributed by atoms with Crippen molar-refractivity contribution in [3.8, 4) is 0 Å². The van der Waals surface area contributed by atoms with E-state index in [-0.39, 0.29) is 29.3 Å². The van der Waals surface area contributed by atoms with Crippen LogP contribution in [0.2, 0.25) is 0 Å². The van der Waals surface area contributed by atoms with Crippen LogP contribution >= 0.6 is 0 Å². The molecule has 8 nitrogen and oxygen atoms in total. The van der Waals surface area contributed by atoms with Crippen molar-refractivity contribution in [2.75, 3.05) is 6.54 Å². The number of aliphatic hydroxyl groups is 1. The number of aliphatic carboxylic acids is 1. The lowest BCUT2D eigenvalue weighted by Gasteiger charge is -2.07. The van der Waals surface area contributed by atoms with E-state index in [9.17, 15) is 13.2 Å². The van der Waals surface area contributed by atoms with E-state index in [1.807, 2.05) is 0 Å². The van der Waals surface area contributed by atoms with E-state index in [1.165, 1.54) is 13.8 Å². The van der Waals surface area contributed by atoms with Gasteiger partial charge in [-0.25, -0.2) is 17.9 Å². The Bertz CT molecular complexity index is 516. The Kier molecular flexibility index (Phi) is 4.43. The quantitative estimate of drug-likeness (QED) is 0.633. The van der Waals surface area contributed by atoms with Crippen LogP contribution in [0.15, 0.2) is 9.42 Å². The Hall–Kier alpha value is -1.45. The van der Waals surface area contributed by atoms with Gasteiger partial charge in [-0.15, -0.1) is 0 Å². The zero-order chi connectivity index (χ0) is 13.9. The molecule has 0 spiro atoms. The number of nitrogens with zero attached hydrogens (tertiary/aromatic N) is 1. The van der Waals surface area contributed by atoms with Gasteiger partial charge >= 0.3 is 5.97 Å². The third-order valence-electron chi connectivity index (χ3n) is 2.23. The lowest BCUT2D eigenvalue weighted by atomic mass is 10.3. The number of rotatable bonds is 6. The Morgan fingerprint density at radius 3 is 2.56 bits per heavy atom. The van der Waals surface area contributed by atoms with Crippen molar-refractivity contribution < 1.29 is 27.9 Å². The SMILES string of the molecule is Cc1noc(C)c1S(=O)(=O)NCCC(O)C(=O)O.